The minimum atomic E-state index is -1.12. The highest BCUT2D eigenvalue weighted by molar-refractivity contribution is 5.06. The molecular weight excluding hydrogens is 224 g/mol. The van der Waals surface area contributed by atoms with Crippen LogP contribution in [0.25, 0.3) is 0 Å². The largest absolute Gasteiger partial charge is 0.365 e. The molecule has 2 bridgehead atoms. The van der Waals surface area contributed by atoms with E-state index >= 15 is 0 Å². The van der Waals surface area contributed by atoms with E-state index in [-0.39, 0.29) is 18.1 Å². The van der Waals surface area contributed by atoms with Gasteiger partial charge in [0.2, 0.25) is 0 Å². The summed E-state index contributed by atoms with van der Waals surface area (Å²) in [7, 11) is 0. The third kappa shape index (κ3) is 1.81. The van der Waals surface area contributed by atoms with Crippen molar-refractivity contribution in [2.45, 2.75) is 63.7 Å². The van der Waals surface area contributed by atoms with Crippen molar-refractivity contribution in [3.05, 3.63) is 0 Å². The summed E-state index contributed by atoms with van der Waals surface area (Å²) >= 11 is 0. The van der Waals surface area contributed by atoms with Crippen molar-refractivity contribution < 1.29 is 24.1 Å². The summed E-state index contributed by atoms with van der Waals surface area (Å²) in [5.74, 6) is -2.58. The Morgan fingerprint density at radius 2 is 1.65 bits per heavy atom. The summed E-state index contributed by atoms with van der Waals surface area (Å²) < 4.78 is 22.7. The molecule has 3 rings (SSSR count). The molecule has 3 fully saturated rings. The number of hydrogen-bond acceptors (Lipinski definition) is 5. The Balaban J connectivity index is 1.75. The van der Waals surface area contributed by atoms with Crippen molar-refractivity contribution in [1.29, 1.82) is 0 Å². The van der Waals surface area contributed by atoms with Crippen molar-refractivity contribution in [3.8, 4) is 0 Å². The molecule has 0 spiro atoms. The van der Waals surface area contributed by atoms with Gasteiger partial charge in [0, 0.05) is 6.42 Å². The molecule has 0 radical (unpaired) electrons. The average Bonchev–Trinajstić information content (AvgIpc) is 2.41. The van der Waals surface area contributed by atoms with Crippen LogP contribution in [0.15, 0.2) is 0 Å². The number of fused-ring (bicyclic) bond motifs is 2. The Morgan fingerprint density at radius 1 is 1.00 bits per heavy atom. The van der Waals surface area contributed by atoms with Crippen molar-refractivity contribution >= 4 is 0 Å². The zero-order valence-corrected chi connectivity index (χ0v) is 10.7. The van der Waals surface area contributed by atoms with E-state index in [0.717, 1.165) is 0 Å². The Bertz CT molecular complexity index is 340. The first-order valence-corrected chi connectivity index (χ1v) is 6.13. The highest BCUT2D eigenvalue weighted by Crippen LogP contribution is 2.53. The van der Waals surface area contributed by atoms with Crippen LogP contribution >= 0.6 is 0 Å². The van der Waals surface area contributed by atoms with Gasteiger partial charge in [-0.3, -0.25) is 0 Å². The van der Waals surface area contributed by atoms with Crippen LogP contribution in [0.3, 0.4) is 0 Å². The van der Waals surface area contributed by atoms with Crippen LogP contribution in [0.1, 0.15) is 34.1 Å². The molecule has 98 valence electrons. The summed E-state index contributed by atoms with van der Waals surface area (Å²) in [5.41, 5.74) is 0. The molecule has 4 atom stereocenters. The lowest BCUT2D eigenvalue weighted by atomic mass is 9.70. The first kappa shape index (κ1) is 11.9. The lowest BCUT2D eigenvalue weighted by molar-refractivity contribution is -0.483. The molecule has 0 unspecified atom stereocenters. The second-order valence-corrected chi connectivity index (χ2v) is 6.10. The summed E-state index contributed by atoms with van der Waals surface area (Å²) in [6.45, 7) is 7.85. The fourth-order valence-corrected chi connectivity index (χ4v) is 3.14. The lowest BCUT2D eigenvalue weighted by Crippen LogP contribution is -2.72. The fraction of sp³-hybridized carbons (Fsp3) is 1.00. The minimum absolute atomic E-state index is 0.00810. The Morgan fingerprint density at radius 3 is 2.18 bits per heavy atom. The van der Waals surface area contributed by atoms with E-state index in [0.29, 0.717) is 13.0 Å². The van der Waals surface area contributed by atoms with Gasteiger partial charge < -0.3 is 24.1 Å². The normalized spacial score (nSPS) is 51.0. The average molecular weight is 244 g/mol. The van der Waals surface area contributed by atoms with Crippen molar-refractivity contribution in [2.24, 2.45) is 5.92 Å². The van der Waals surface area contributed by atoms with Crippen LogP contribution in [0, 0.1) is 5.92 Å². The van der Waals surface area contributed by atoms with Gasteiger partial charge in [0.25, 0.3) is 0 Å². The molecule has 5 nitrogen and oxygen atoms in total. The molecule has 0 aromatic carbocycles. The van der Waals surface area contributed by atoms with E-state index in [2.05, 4.69) is 0 Å². The molecular formula is C12H20O5. The van der Waals surface area contributed by atoms with E-state index < -0.39 is 17.4 Å². The van der Waals surface area contributed by atoms with Gasteiger partial charge in [-0.1, -0.05) is 0 Å². The second kappa shape index (κ2) is 3.22. The van der Waals surface area contributed by atoms with Crippen molar-refractivity contribution in [3.63, 3.8) is 0 Å². The second-order valence-electron chi connectivity index (χ2n) is 6.10. The predicted octanol–water partition coefficient (Wildman–Crippen LogP) is 0.998. The molecule has 17 heavy (non-hydrogen) atoms. The van der Waals surface area contributed by atoms with E-state index in [1.54, 1.807) is 0 Å². The van der Waals surface area contributed by atoms with Crippen LogP contribution in [-0.2, 0) is 18.9 Å². The smallest absolute Gasteiger partial charge is 0.179 e. The zero-order valence-electron chi connectivity index (χ0n) is 10.7. The third-order valence-electron chi connectivity index (χ3n) is 3.70. The highest BCUT2D eigenvalue weighted by atomic mass is 16.8. The molecule has 3 aliphatic rings. The third-order valence-corrected chi connectivity index (χ3v) is 3.70. The van der Waals surface area contributed by atoms with Gasteiger partial charge in [0.1, 0.15) is 0 Å². The molecule has 0 aromatic rings. The van der Waals surface area contributed by atoms with Crippen molar-refractivity contribution in [2.75, 3.05) is 6.61 Å². The maximum Gasteiger partial charge on any atom is 0.179 e. The van der Waals surface area contributed by atoms with Crippen LogP contribution in [-0.4, -0.2) is 41.3 Å². The number of hydrogen-bond donors (Lipinski definition) is 1. The van der Waals surface area contributed by atoms with Crippen LogP contribution in [0.4, 0.5) is 0 Å². The SMILES string of the molecule is CC1(C)OC[C@@H]([C@@H]2[C@H]3C[C@@]2(O)OC(C)(C)O3)O1. The summed E-state index contributed by atoms with van der Waals surface area (Å²) in [6.07, 6.45) is 0.345. The fourth-order valence-electron chi connectivity index (χ4n) is 3.14. The molecule has 1 aliphatic carbocycles. The maximum absolute atomic E-state index is 10.4. The number of ether oxygens (including phenoxy) is 4. The molecule has 1 N–H and O–H groups in total. The van der Waals surface area contributed by atoms with Gasteiger partial charge in [0.05, 0.1) is 24.7 Å². The van der Waals surface area contributed by atoms with E-state index in [1.807, 2.05) is 27.7 Å². The Kier molecular flexibility index (Phi) is 2.25. The van der Waals surface area contributed by atoms with E-state index in [9.17, 15) is 5.11 Å². The summed E-state index contributed by atoms with van der Waals surface area (Å²) in [6, 6.07) is 0. The molecule has 5 heteroatoms. The Hall–Kier alpha value is -0.200. The van der Waals surface area contributed by atoms with Gasteiger partial charge >= 0.3 is 0 Å². The maximum atomic E-state index is 10.4. The van der Waals surface area contributed by atoms with Gasteiger partial charge in [-0.2, -0.15) is 0 Å². The van der Waals surface area contributed by atoms with Gasteiger partial charge in [-0.25, -0.2) is 0 Å². The van der Waals surface area contributed by atoms with Gasteiger partial charge in [-0.15, -0.1) is 0 Å². The van der Waals surface area contributed by atoms with Crippen LogP contribution in [0.2, 0.25) is 0 Å². The summed E-state index contributed by atoms with van der Waals surface area (Å²) in [4.78, 5) is 0. The van der Waals surface area contributed by atoms with Crippen LogP contribution in [0.5, 0.6) is 0 Å². The van der Waals surface area contributed by atoms with Crippen molar-refractivity contribution in [1.82, 2.24) is 0 Å². The first-order chi connectivity index (χ1) is 7.71. The van der Waals surface area contributed by atoms with E-state index in [1.165, 1.54) is 0 Å². The topological polar surface area (TPSA) is 57.2 Å². The lowest BCUT2D eigenvalue weighted by Gasteiger charge is -2.60. The number of aliphatic hydroxyl groups is 1. The molecule has 2 aliphatic heterocycles. The zero-order chi connectivity index (χ0) is 12.5. The highest BCUT2D eigenvalue weighted by Gasteiger charge is 2.66. The molecule has 0 amide bonds. The first-order valence-electron chi connectivity index (χ1n) is 6.13. The number of rotatable bonds is 1. The van der Waals surface area contributed by atoms with Crippen LogP contribution < -0.4 is 0 Å². The minimum Gasteiger partial charge on any atom is -0.365 e. The monoisotopic (exact) mass is 244 g/mol. The standard InChI is InChI=1S/C12H20O5/c1-10(2)14-6-8(16-10)9-7-5-12(9,13)17-11(3,4)15-7/h7-9,13H,5-6H2,1-4H3/t7-,8+,9+,12-/m1/s1. The molecule has 2 saturated heterocycles. The molecule has 1 saturated carbocycles. The van der Waals surface area contributed by atoms with E-state index in [4.69, 9.17) is 18.9 Å². The van der Waals surface area contributed by atoms with Gasteiger partial charge in [0.15, 0.2) is 17.4 Å². The summed E-state index contributed by atoms with van der Waals surface area (Å²) in [5, 5.41) is 10.4. The quantitative estimate of drug-likeness (QED) is 0.745. The molecule has 2 heterocycles. The predicted molar refractivity (Wildman–Crippen MR) is 58.0 cm³/mol. The Labute approximate surface area is 101 Å². The molecule has 0 aromatic heterocycles. The van der Waals surface area contributed by atoms with Gasteiger partial charge in [-0.05, 0) is 27.7 Å².